The molecule has 0 spiro atoms. The summed E-state index contributed by atoms with van der Waals surface area (Å²) in [5, 5.41) is 32.1. The van der Waals surface area contributed by atoms with Crippen molar-refractivity contribution in [2.45, 2.75) is 6.17 Å². The van der Waals surface area contributed by atoms with Gasteiger partial charge in [-0.25, -0.2) is 0 Å². The number of methoxy groups -OCH3 is 2. The lowest BCUT2D eigenvalue weighted by Crippen LogP contribution is -2.36. The second-order valence-electron chi connectivity index (χ2n) is 13.9. The number of para-hydroxylation sites is 2. The largest absolute Gasteiger partial charge is 0.504 e. The molecule has 0 aliphatic carbocycles. The third kappa shape index (κ3) is 25.7. The van der Waals surface area contributed by atoms with E-state index in [-0.39, 0.29) is 17.7 Å². The van der Waals surface area contributed by atoms with Gasteiger partial charge in [0.1, 0.15) is 13.2 Å². The van der Waals surface area contributed by atoms with Gasteiger partial charge in [0.2, 0.25) is 0 Å². The summed E-state index contributed by atoms with van der Waals surface area (Å²) in [6.45, 7) is 15.7. The molecule has 2 aromatic carbocycles. The number of ether oxygens (including phenoxy) is 12. The summed E-state index contributed by atoms with van der Waals surface area (Å²) in [7, 11) is 3.28. The van der Waals surface area contributed by atoms with E-state index in [1.54, 1.807) is 38.6 Å². The van der Waals surface area contributed by atoms with Crippen molar-refractivity contribution >= 4 is 6.21 Å². The fraction of sp³-hybridized carbons (Fsp3) is 0.705. The predicted molar refractivity (Wildman–Crippen MR) is 238 cm³/mol. The van der Waals surface area contributed by atoms with E-state index in [1.807, 2.05) is 18.2 Å². The van der Waals surface area contributed by atoms with Crippen LogP contribution in [-0.2, 0) is 47.4 Å². The van der Waals surface area contributed by atoms with Crippen LogP contribution in [0.5, 0.6) is 23.0 Å². The molecule has 1 fully saturated rings. The highest BCUT2D eigenvalue weighted by Crippen LogP contribution is 2.36. The molecule has 0 amide bonds. The Hall–Kier alpha value is -3.25. The number of nitrogens with one attached hydrogen (secondary N) is 3. The minimum Gasteiger partial charge on any atom is -0.504 e. The number of hydrogen-bond donors (Lipinski definition) is 5. The normalized spacial score (nSPS) is 14.3. The van der Waals surface area contributed by atoms with Crippen LogP contribution in [0, 0.1) is 0 Å². The molecule has 2 aromatic rings. The molecular formula is C44H75N5O14. The molecule has 1 aliphatic heterocycles. The average molecular weight is 898 g/mol. The van der Waals surface area contributed by atoms with Crippen molar-refractivity contribution in [1.29, 1.82) is 0 Å². The number of benzene rings is 2. The van der Waals surface area contributed by atoms with Crippen molar-refractivity contribution in [3.8, 4) is 23.0 Å². The van der Waals surface area contributed by atoms with E-state index in [4.69, 9.17) is 56.8 Å². The topological polar surface area (TPSA) is 203 Å². The van der Waals surface area contributed by atoms with Crippen molar-refractivity contribution in [2.24, 2.45) is 4.99 Å². The SMILES string of the molecule is COCCOCCOCCOCCOCCOc1cccc(C=NCCNCCNCCN2CCNC2c2cccc(OCCOCCOCCOCCOCCOC)c2O)c1O. The lowest BCUT2D eigenvalue weighted by molar-refractivity contribution is -0.00983. The third-order valence-corrected chi connectivity index (χ3v) is 9.23. The Kier molecular flexibility index (Phi) is 32.7. The molecule has 1 aliphatic rings. The summed E-state index contributed by atoms with van der Waals surface area (Å²) in [4.78, 5) is 6.77. The number of nitrogens with zero attached hydrogens (tertiary/aromatic N) is 2. The average Bonchev–Trinajstić information content (AvgIpc) is 3.76. The van der Waals surface area contributed by atoms with E-state index < -0.39 is 0 Å². The van der Waals surface area contributed by atoms with E-state index in [9.17, 15) is 10.2 Å². The first-order valence-electron chi connectivity index (χ1n) is 22.0. The molecule has 0 aromatic heterocycles. The standard InChI is InChI=1S/C44H75N5O14/c1-52-17-19-54-21-23-56-25-27-58-29-31-60-33-35-62-40-7-3-5-38(42(40)50)37-47-12-11-45-9-10-46-13-15-49-16-14-48-44(49)39-6-4-8-41(43(39)51)63-36-34-61-32-30-59-28-26-57-24-22-55-20-18-53-2/h3-8,37,44-46,48,50-51H,9-36H2,1-2H3. The molecule has 1 unspecified atom stereocenters. The number of hydrogen-bond acceptors (Lipinski definition) is 19. The summed E-state index contributed by atoms with van der Waals surface area (Å²) < 4.78 is 65.2. The minimum atomic E-state index is -0.108. The van der Waals surface area contributed by atoms with Gasteiger partial charge in [-0.15, -0.1) is 0 Å². The van der Waals surface area contributed by atoms with Gasteiger partial charge in [-0.1, -0.05) is 18.2 Å². The molecule has 1 saturated heterocycles. The number of rotatable bonds is 43. The van der Waals surface area contributed by atoms with Crippen molar-refractivity contribution < 1.29 is 67.1 Å². The zero-order chi connectivity index (χ0) is 44.7. The molecule has 19 heteroatoms. The van der Waals surface area contributed by atoms with Crippen LogP contribution in [-0.4, -0.2) is 220 Å². The maximum absolute atomic E-state index is 11.1. The van der Waals surface area contributed by atoms with Crippen molar-refractivity contribution in [3.05, 3.63) is 47.5 Å². The van der Waals surface area contributed by atoms with Gasteiger partial charge in [0.05, 0.1) is 132 Å². The van der Waals surface area contributed by atoms with Crippen LogP contribution in [0.1, 0.15) is 17.3 Å². The maximum atomic E-state index is 11.1. The maximum Gasteiger partial charge on any atom is 0.166 e. The first kappa shape index (κ1) is 54.1. The Labute approximate surface area is 373 Å². The molecule has 0 saturated carbocycles. The number of phenolic OH excluding ortho intramolecular Hbond substituents is 2. The number of aromatic hydroxyl groups is 2. The summed E-state index contributed by atoms with van der Waals surface area (Å²) in [6.07, 6.45) is 1.55. The highest BCUT2D eigenvalue weighted by molar-refractivity contribution is 5.84. The van der Waals surface area contributed by atoms with E-state index in [0.717, 1.165) is 44.8 Å². The van der Waals surface area contributed by atoms with Gasteiger partial charge in [-0.2, -0.15) is 0 Å². The quantitative estimate of drug-likeness (QED) is 0.0473. The Bertz CT molecular complexity index is 1420. The summed E-state index contributed by atoms with van der Waals surface area (Å²) in [6, 6.07) is 10.9. The molecule has 0 radical (unpaired) electrons. The Morgan fingerprint density at radius 3 is 1.52 bits per heavy atom. The Balaban J connectivity index is 1.17. The minimum absolute atomic E-state index is 0.0481. The summed E-state index contributed by atoms with van der Waals surface area (Å²) in [5.41, 5.74) is 1.38. The second kappa shape index (κ2) is 38.1. The lowest BCUT2D eigenvalue weighted by Gasteiger charge is -2.25. The number of aliphatic imine (C=N–C) groups is 1. The molecule has 3 rings (SSSR count). The van der Waals surface area contributed by atoms with Crippen LogP contribution in [0.15, 0.2) is 41.4 Å². The summed E-state index contributed by atoms with van der Waals surface area (Å²) >= 11 is 0. The fourth-order valence-corrected chi connectivity index (χ4v) is 5.97. The molecule has 5 N–H and O–H groups in total. The smallest absolute Gasteiger partial charge is 0.166 e. The lowest BCUT2D eigenvalue weighted by atomic mass is 10.1. The van der Waals surface area contributed by atoms with Crippen LogP contribution in [0.4, 0.5) is 0 Å². The molecule has 1 atom stereocenters. The molecule has 19 nitrogen and oxygen atoms in total. The Morgan fingerprint density at radius 1 is 0.571 bits per heavy atom. The van der Waals surface area contributed by atoms with Crippen LogP contribution in [0.2, 0.25) is 0 Å². The van der Waals surface area contributed by atoms with Gasteiger partial charge in [-0.05, 0) is 18.2 Å². The zero-order valence-electron chi connectivity index (χ0n) is 37.6. The number of phenols is 2. The van der Waals surface area contributed by atoms with Gasteiger partial charge < -0.3 is 77.7 Å². The Morgan fingerprint density at radius 2 is 1.02 bits per heavy atom. The van der Waals surface area contributed by atoms with Crippen LogP contribution < -0.4 is 25.4 Å². The molecular weight excluding hydrogens is 823 g/mol. The van der Waals surface area contributed by atoms with Gasteiger partial charge in [0.25, 0.3) is 0 Å². The van der Waals surface area contributed by atoms with Crippen molar-refractivity contribution in [2.75, 3.05) is 199 Å². The van der Waals surface area contributed by atoms with Gasteiger partial charge in [-0.3, -0.25) is 15.2 Å². The highest BCUT2D eigenvalue weighted by Gasteiger charge is 2.28. The van der Waals surface area contributed by atoms with E-state index >= 15 is 0 Å². The van der Waals surface area contributed by atoms with Gasteiger partial charge in [0, 0.05) is 77.4 Å². The second-order valence-corrected chi connectivity index (χ2v) is 13.9. The first-order valence-corrected chi connectivity index (χ1v) is 22.0. The van der Waals surface area contributed by atoms with E-state index in [0.29, 0.717) is 162 Å². The summed E-state index contributed by atoms with van der Waals surface area (Å²) in [5.74, 6) is 1.00. The fourth-order valence-electron chi connectivity index (χ4n) is 5.97. The van der Waals surface area contributed by atoms with Gasteiger partial charge in [0.15, 0.2) is 23.0 Å². The zero-order valence-corrected chi connectivity index (χ0v) is 37.6. The third-order valence-electron chi connectivity index (χ3n) is 9.23. The van der Waals surface area contributed by atoms with Crippen molar-refractivity contribution in [1.82, 2.24) is 20.9 Å². The molecule has 360 valence electrons. The predicted octanol–water partition coefficient (Wildman–Crippen LogP) is 1.48. The monoisotopic (exact) mass is 898 g/mol. The van der Waals surface area contributed by atoms with Gasteiger partial charge >= 0.3 is 0 Å². The van der Waals surface area contributed by atoms with Crippen LogP contribution in [0.3, 0.4) is 0 Å². The molecule has 1 heterocycles. The molecule has 0 bridgehead atoms. The van der Waals surface area contributed by atoms with E-state index in [1.165, 1.54) is 0 Å². The van der Waals surface area contributed by atoms with Crippen molar-refractivity contribution in [3.63, 3.8) is 0 Å². The van der Waals surface area contributed by atoms with Crippen LogP contribution >= 0.6 is 0 Å². The van der Waals surface area contributed by atoms with E-state index in [2.05, 4.69) is 25.8 Å². The first-order chi connectivity index (χ1) is 31.2. The van der Waals surface area contributed by atoms with Crippen LogP contribution in [0.25, 0.3) is 0 Å². The molecule has 63 heavy (non-hydrogen) atoms. The highest BCUT2D eigenvalue weighted by atomic mass is 16.6.